The minimum absolute atomic E-state index is 1.03. The third-order valence-corrected chi connectivity index (χ3v) is 3.48. The lowest BCUT2D eigenvalue weighted by Crippen LogP contribution is -2.43. The molecule has 0 radical (unpaired) electrons. The molecule has 4 nitrogen and oxygen atoms in total. The van der Waals surface area contributed by atoms with Crippen LogP contribution in [0.2, 0.25) is 0 Å². The fraction of sp³-hybridized carbons (Fsp3) is 0.400. The molecular weight excluding hydrogens is 208 g/mol. The van der Waals surface area contributed by atoms with E-state index in [4.69, 9.17) is 0 Å². The van der Waals surface area contributed by atoms with Crippen LogP contribution in [-0.2, 0) is 0 Å². The Balaban J connectivity index is 2.05. The molecular formula is C10H12N4S. The smallest absolute Gasteiger partial charge is 0.140 e. The summed E-state index contributed by atoms with van der Waals surface area (Å²) in [6.07, 6.45) is 1.66. The summed E-state index contributed by atoms with van der Waals surface area (Å²) in [5.41, 5.74) is 0. The fourth-order valence-corrected chi connectivity index (χ4v) is 2.63. The second-order valence-corrected chi connectivity index (χ2v) is 4.47. The first-order valence-corrected chi connectivity index (χ1v) is 5.97. The van der Waals surface area contributed by atoms with E-state index in [0.717, 1.165) is 36.8 Å². The molecule has 2 aromatic rings. The predicted molar refractivity (Wildman–Crippen MR) is 62.5 cm³/mol. The third-order valence-electron chi connectivity index (χ3n) is 2.66. The van der Waals surface area contributed by atoms with E-state index in [0.29, 0.717) is 0 Å². The van der Waals surface area contributed by atoms with Crippen LogP contribution in [0, 0.1) is 0 Å². The molecule has 0 amide bonds. The number of rotatable bonds is 1. The number of nitrogens with zero attached hydrogens (tertiary/aromatic N) is 3. The second-order valence-electron chi connectivity index (χ2n) is 3.57. The van der Waals surface area contributed by atoms with Crippen LogP contribution in [0.3, 0.4) is 0 Å². The molecule has 15 heavy (non-hydrogen) atoms. The Morgan fingerprint density at radius 1 is 1.27 bits per heavy atom. The van der Waals surface area contributed by atoms with Gasteiger partial charge in [0.1, 0.15) is 17.0 Å². The number of hydrogen-bond donors (Lipinski definition) is 1. The van der Waals surface area contributed by atoms with Gasteiger partial charge in [-0.05, 0) is 11.4 Å². The van der Waals surface area contributed by atoms with Crippen molar-refractivity contribution in [3.8, 4) is 0 Å². The normalized spacial score (nSPS) is 17.2. The number of fused-ring (bicyclic) bond motifs is 1. The number of nitrogens with one attached hydrogen (secondary N) is 1. The van der Waals surface area contributed by atoms with Crippen LogP contribution < -0.4 is 10.2 Å². The van der Waals surface area contributed by atoms with Gasteiger partial charge in [-0.2, -0.15) is 0 Å². The zero-order valence-corrected chi connectivity index (χ0v) is 9.13. The monoisotopic (exact) mass is 220 g/mol. The Kier molecular flexibility index (Phi) is 2.26. The first-order valence-electron chi connectivity index (χ1n) is 5.09. The van der Waals surface area contributed by atoms with Gasteiger partial charge < -0.3 is 10.2 Å². The number of hydrogen-bond acceptors (Lipinski definition) is 5. The van der Waals surface area contributed by atoms with E-state index in [-0.39, 0.29) is 0 Å². The summed E-state index contributed by atoms with van der Waals surface area (Å²) in [7, 11) is 0. The van der Waals surface area contributed by atoms with Crippen LogP contribution in [-0.4, -0.2) is 36.1 Å². The second kappa shape index (κ2) is 3.75. The lowest BCUT2D eigenvalue weighted by atomic mass is 10.3. The van der Waals surface area contributed by atoms with Crippen LogP contribution in [0.15, 0.2) is 17.8 Å². The quantitative estimate of drug-likeness (QED) is 0.781. The number of thiophene rings is 1. The highest BCUT2D eigenvalue weighted by Gasteiger charge is 2.14. The molecule has 1 saturated heterocycles. The van der Waals surface area contributed by atoms with E-state index < -0.39 is 0 Å². The predicted octanol–water partition coefficient (Wildman–Crippen LogP) is 1.10. The van der Waals surface area contributed by atoms with Gasteiger partial charge in [0.05, 0.1) is 5.39 Å². The molecule has 2 aromatic heterocycles. The highest BCUT2D eigenvalue weighted by molar-refractivity contribution is 7.16. The first kappa shape index (κ1) is 9.06. The molecule has 5 heteroatoms. The van der Waals surface area contributed by atoms with E-state index in [1.807, 2.05) is 0 Å². The molecule has 3 heterocycles. The first-order chi connectivity index (χ1) is 7.45. The van der Waals surface area contributed by atoms with Crippen LogP contribution in [0.4, 0.5) is 5.82 Å². The number of aromatic nitrogens is 2. The Bertz CT molecular complexity index is 461. The summed E-state index contributed by atoms with van der Waals surface area (Å²) in [5, 5.41) is 6.60. The largest absolute Gasteiger partial charge is 0.353 e. The number of anilines is 1. The Labute approximate surface area is 92.0 Å². The summed E-state index contributed by atoms with van der Waals surface area (Å²) in [5.74, 6) is 1.09. The maximum absolute atomic E-state index is 4.40. The molecule has 1 aliphatic heterocycles. The van der Waals surface area contributed by atoms with Gasteiger partial charge >= 0.3 is 0 Å². The Morgan fingerprint density at radius 3 is 3.00 bits per heavy atom. The zero-order chi connectivity index (χ0) is 10.1. The zero-order valence-electron chi connectivity index (χ0n) is 8.31. The molecule has 0 bridgehead atoms. The minimum atomic E-state index is 1.03. The van der Waals surface area contributed by atoms with Crippen molar-refractivity contribution >= 4 is 27.4 Å². The van der Waals surface area contributed by atoms with Crippen molar-refractivity contribution in [1.82, 2.24) is 15.3 Å². The summed E-state index contributed by atoms with van der Waals surface area (Å²) in [6, 6.07) is 2.11. The maximum Gasteiger partial charge on any atom is 0.140 e. The molecule has 0 aliphatic carbocycles. The summed E-state index contributed by atoms with van der Waals surface area (Å²) >= 11 is 1.67. The Morgan fingerprint density at radius 2 is 2.13 bits per heavy atom. The van der Waals surface area contributed by atoms with Crippen molar-refractivity contribution in [1.29, 1.82) is 0 Å². The van der Waals surface area contributed by atoms with Crippen molar-refractivity contribution in [2.75, 3.05) is 31.1 Å². The van der Waals surface area contributed by atoms with Gasteiger partial charge in [0.25, 0.3) is 0 Å². The van der Waals surface area contributed by atoms with Gasteiger partial charge in [-0.3, -0.25) is 0 Å². The topological polar surface area (TPSA) is 41.1 Å². The van der Waals surface area contributed by atoms with E-state index >= 15 is 0 Å². The highest BCUT2D eigenvalue weighted by atomic mass is 32.1. The van der Waals surface area contributed by atoms with Crippen molar-refractivity contribution in [2.24, 2.45) is 0 Å². The molecule has 1 fully saturated rings. The fourth-order valence-electron chi connectivity index (χ4n) is 1.91. The van der Waals surface area contributed by atoms with Crippen LogP contribution in [0.1, 0.15) is 0 Å². The van der Waals surface area contributed by atoms with Gasteiger partial charge in [0.15, 0.2) is 0 Å². The van der Waals surface area contributed by atoms with Gasteiger partial charge in [-0.15, -0.1) is 11.3 Å². The maximum atomic E-state index is 4.40. The Hall–Kier alpha value is -1.20. The minimum Gasteiger partial charge on any atom is -0.353 e. The molecule has 0 unspecified atom stereocenters. The molecule has 0 saturated carbocycles. The van der Waals surface area contributed by atoms with E-state index in [1.165, 1.54) is 5.39 Å². The van der Waals surface area contributed by atoms with E-state index in [9.17, 15) is 0 Å². The molecule has 3 rings (SSSR count). The van der Waals surface area contributed by atoms with Crippen LogP contribution in [0.5, 0.6) is 0 Å². The molecule has 1 N–H and O–H groups in total. The lowest BCUT2D eigenvalue weighted by Gasteiger charge is -2.28. The highest BCUT2D eigenvalue weighted by Crippen LogP contribution is 2.26. The van der Waals surface area contributed by atoms with Gasteiger partial charge in [-0.1, -0.05) is 0 Å². The molecule has 78 valence electrons. The SMILES string of the molecule is c1nc(N2CCNCC2)c2ccsc2n1. The summed E-state index contributed by atoms with van der Waals surface area (Å²) in [6.45, 7) is 4.13. The average molecular weight is 220 g/mol. The van der Waals surface area contributed by atoms with Crippen LogP contribution in [0.25, 0.3) is 10.2 Å². The summed E-state index contributed by atoms with van der Waals surface area (Å²) in [4.78, 5) is 12.1. The van der Waals surface area contributed by atoms with Gasteiger partial charge in [0.2, 0.25) is 0 Å². The van der Waals surface area contributed by atoms with E-state index in [1.54, 1.807) is 17.7 Å². The molecule has 1 aliphatic rings. The van der Waals surface area contributed by atoms with Crippen molar-refractivity contribution in [3.63, 3.8) is 0 Å². The van der Waals surface area contributed by atoms with Crippen LogP contribution >= 0.6 is 11.3 Å². The standard InChI is InChI=1S/C10H12N4S/c1-6-15-10-8(1)9(12-7-13-10)14-4-2-11-3-5-14/h1,6-7,11H,2-5H2. The van der Waals surface area contributed by atoms with E-state index in [2.05, 4.69) is 31.6 Å². The van der Waals surface area contributed by atoms with Gasteiger partial charge in [-0.25, -0.2) is 9.97 Å². The molecule has 0 spiro atoms. The molecule has 0 atom stereocenters. The summed E-state index contributed by atoms with van der Waals surface area (Å²) < 4.78 is 0. The van der Waals surface area contributed by atoms with Crippen molar-refractivity contribution in [2.45, 2.75) is 0 Å². The van der Waals surface area contributed by atoms with Crippen molar-refractivity contribution in [3.05, 3.63) is 17.8 Å². The average Bonchev–Trinajstić information content (AvgIpc) is 2.78. The van der Waals surface area contributed by atoms with Crippen molar-refractivity contribution < 1.29 is 0 Å². The third kappa shape index (κ3) is 1.57. The lowest BCUT2D eigenvalue weighted by molar-refractivity contribution is 0.586. The number of piperazine rings is 1. The van der Waals surface area contributed by atoms with Gasteiger partial charge in [0, 0.05) is 26.2 Å². The molecule has 0 aromatic carbocycles.